The lowest BCUT2D eigenvalue weighted by atomic mass is 10.00. The molecule has 1 aliphatic heterocycles. The molecular formula is C25H36N4S. The first kappa shape index (κ1) is 22.7. The highest BCUT2D eigenvalue weighted by Crippen LogP contribution is 2.29. The highest BCUT2D eigenvalue weighted by atomic mass is 32.1. The van der Waals surface area contributed by atoms with Crippen molar-refractivity contribution < 1.29 is 0 Å². The van der Waals surface area contributed by atoms with Crippen LogP contribution in [0.15, 0.2) is 42.5 Å². The second kappa shape index (κ2) is 10.4. The molecule has 30 heavy (non-hydrogen) atoms. The van der Waals surface area contributed by atoms with Crippen LogP contribution < -0.4 is 10.6 Å². The minimum atomic E-state index is 0.434. The first-order valence-corrected chi connectivity index (χ1v) is 11.4. The van der Waals surface area contributed by atoms with Crippen molar-refractivity contribution in [2.45, 2.75) is 27.2 Å². The highest BCUT2D eigenvalue weighted by Gasteiger charge is 2.15. The van der Waals surface area contributed by atoms with Gasteiger partial charge in [-0.2, -0.15) is 0 Å². The maximum Gasteiger partial charge on any atom is 0.170 e. The number of nitrogens with zero attached hydrogens (tertiary/aromatic N) is 3. The van der Waals surface area contributed by atoms with E-state index in [1.165, 1.54) is 48.4 Å². The molecule has 5 heteroatoms. The molecule has 1 fully saturated rings. The molecule has 0 aromatic heterocycles. The number of benzene rings is 2. The van der Waals surface area contributed by atoms with E-state index in [1.54, 1.807) is 0 Å². The molecule has 1 saturated heterocycles. The van der Waals surface area contributed by atoms with Gasteiger partial charge in [0.2, 0.25) is 0 Å². The normalized spacial score (nSPS) is 15.5. The zero-order chi connectivity index (χ0) is 21.7. The smallest absolute Gasteiger partial charge is 0.170 e. The third-order valence-electron chi connectivity index (χ3n) is 5.91. The fraction of sp³-hybridized carbons (Fsp3) is 0.480. The van der Waals surface area contributed by atoms with Gasteiger partial charge < -0.3 is 20.4 Å². The SMILES string of the molecule is Cc1ccc(-c2ccc(CCN3CCN(C)CC3)cc2)cc1N(CC(C)C)C(N)=S. The van der Waals surface area contributed by atoms with Gasteiger partial charge in [0.1, 0.15) is 0 Å². The molecule has 0 bridgehead atoms. The molecule has 0 radical (unpaired) electrons. The predicted octanol–water partition coefficient (Wildman–Crippen LogP) is 4.16. The van der Waals surface area contributed by atoms with E-state index in [2.05, 4.69) is 85.0 Å². The number of rotatable bonds is 7. The summed E-state index contributed by atoms with van der Waals surface area (Å²) in [6, 6.07) is 15.6. The maximum atomic E-state index is 6.05. The van der Waals surface area contributed by atoms with Crippen molar-refractivity contribution in [2.24, 2.45) is 11.7 Å². The Morgan fingerprint density at radius 2 is 1.67 bits per heavy atom. The lowest BCUT2D eigenvalue weighted by molar-refractivity contribution is 0.155. The van der Waals surface area contributed by atoms with E-state index in [0.29, 0.717) is 11.0 Å². The van der Waals surface area contributed by atoms with Crippen molar-refractivity contribution in [2.75, 3.05) is 51.2 Å². The van der Waals surface area contributed by atoms with Crippen molar-refractivity contribution in [1.82, 2.24) is 9.80 Å². The van der Waals surface area contributed by atoms with Crippen LogP contribution in [0.1, 0.15) is 25.0 Å². The third kappa shape index (κ3) is 6.03. The van der Waals surface area contributed by atoms with E-state index in [1.807, 2.05) is 0 Å². The average Bonchev–Trinajstić information content (AvgIpc) is 2.72. The Bertz CT molecular complexity index is 839. The summed E-state index contributed by atoms with van der Waals surface area (Å²) in [5.74, 6) is 0.481. The molecule has 0 atom stereocenters. The number of likely N-dealkylation sites (N-methyl/N-ethyl adjacent to an activating group) is 1. The molecule has 0 amide bonds. The topological polar surface area (TPSA) is 35.7 Å². The van der Waals surface area contributed by atoms with E-state index >= 15 is 0 Å². The van der Waals surface area contributed by atoms with Gasteiger partial charge >= 0.3 is 0 Å². The number of hydrogen-bond acceptors (Lipinski definition) is 3. The summed E-state index contributed by atoms with van der Waals surface area (Å²) in [6.45, 7) is 13.2. The lowest BCUT2D eigenvalue weighted by Crippen LogP contribution is -2.45. The van der Waals surface area contributed by atoms with E-state index in [0.717, 1.165) is 25.2 Å². The van der Waals surface area contributed by atoms with Gasteiger partial charge in [-0.1, -0.05) is 50.2 Å². The second-order valence-corrected chi connectivity index (χ2v) is 9.35. The van der Waals surface area contributed by atoms with Crippen LogP contribution in [0.3, 0.4) is 0 Å². The zero-order valence-corrected chi connectivity index (χ0v) is 19.7. The molecule has 1 heterocycles. The van der Waals surface area contributed by atoms with E-state index in [4.69, 9.17) is 18.0 Å². The third-order valence-corrected chi connectivity index (χ3v) is 6.13. The van der Waals surface area contributed by atoms with Crippen LogP contribution in [0.5, 0.6) is 0 Å². The number of hydrogen-bond donors (Lipinski definition) is 1. The molecule has 0 saturated carbocycles. The van der Waals surface area contributed by atoms with Gasteiger partial charge in [0, 0.05) is 45.0 Å². The number of nitrogens with two attached hydrogens (primary N) is 1. The number of piperazine rings is 1. The van der Waals surface area contributed by atoms with Gasteiger partial charge in [0.05, 0.1) is 0 Å². The quantitative estimate of drug-likeness (QED) is 0.676. The second-order valence-electron chi connectivity index (χ2n) is 8.94. The number of aryl methyl sites for hydroxylation is 1. The Morgan fingerprint density at radius 3 is 2.27 bits per heavy atom. The molecule has 162 valence electrons. The Balaban J connectivity index is 1.70. The molecule has 2 aromatic rings. The first-order chi connectivity index (χ1) is 14.3. The molecule has 0 unspecified atom stereocenters. The molecule has 0 spiro atoms. The Kier molecular flexibility index (Phi) is 7.87. The van der Waals surface area contributed by atoms with Gasteiger partial charge in [-0.3, -0.25) is 0 Å². The predicted molar refractivity (Wildman–Crippen MR) is 133 cm³/mol. The van der Waals surface area contributed by atoms with Crippen LogP contribution in [-0.4, -0.2) is 61.2 Å². The van der Waals surface area contributed by atoms with Crippen LogP contribution in [0.4, 0.5) is 5.69 Å². The van der Waals surface area contributed by atoms with Crippen LogP contribution in [0.25, 0.3) is 11.1 Å². The fourth-order valence-corrected chi connectivity index (χ4v) is 4.15. The summed E-state index contributed by atoms with van der Waals surface area (Å²) in [5, 5.41) is 0.434. The average molecular weight is 425 g/mol. The van der Waals surface area contributed by atoms with Gasteiger partial charge in [-0.15, -0.1) is 0 Å². The van der Waals surface area contributed by atoms with E-state index in [9.17, 15) is 0 Å². The number of thiocarbonyl (C=S) groups is 1. The zero-order valence-electron chi connectivity index (χ0n) is 18.9. The van der Waals surface area contributed by atoms with Gasteiger partial charge in [-0.25, -0.2) is 0 Å². The minimum absolute atomic E-state index is 0.434. The summed E-state index contributed by atoms with van der Waals surface area (Å²) in [6.07, 6.45) is 1.10. The molecule has 3 rings (SSSR count). The van der Waals surface area contributed by atoms with Crippen LogP contribution in [0.2, 0.25) is 0 Å². The van der Waals surface area contributed by atoms with Crippen molar-refractivity contribution >= 4 is 23.0 Å². The van der Waals surface area contributed by atoms with Crippen molar-refractivity contribution in [1.29, 1.82) is 0 Å². The molecule has 2 aromatic carbocycles. The highest BCUT2D eigenvalue weighted by molar-refractivity contribution is 7.80. The summed E-state index contributed by atoms with van der Waals surface area (Å²) in [5.41, 5.74) is 12.2. The Hall–Kier alpha value is -1.95. The Labute approximate surface area is 187 Å². The Morgan fingerprint density at radius 1 is 1.03 bits per heavy atom. The fourth-order valence-electron chi connectivity index (χ4n) is 3.97. The van der Waals surface area contributed by atoms with Gasteiger partial charge in [-0.05, 0) is 66.8 Å². The van der Waals surface area contributed by atoms with Crippen LogP contribution in [0, 0.1) is 12.8 Å². The minimum Gasteiger partial charge on any atom is -0.376 e. The summed E-state index contributed by atoms with van der Waals surface area (Å²) >= 11 is 5.34. The van der Waals surface area contributed by atoms with Crippen molar-refractivity contribution in [3.63, 3.8) is 0 Å². The van der Waals surface area contributed by atoms with Crippen molar-refractivity contribution in [3.8, 4) is 11.1 Å². The van der Waals surface area contributed by atoms with Gasteiger partial charge in [0.25, 0.3) is 0 Å². The first-order valence-electron chi connectivity index (χ1n) is 11.0. The summed E-state index contributed by atoms with van der Waals surface area (Å²) in [7, 11) is 2.20. The van der Waals surface area contributed by atoms with Crippen LogP contribution >= 0.6 is 12.2 Å². The van der Waals surface area contributed by atoms with E-state index in [-0.39, 0.29) is 0 Å². The summed E-state index contributed by atoms with van der Waals surface area (Å²) in [4.78, 5) is 7.03. The monoisotopic (exact) mass is 424 g/mol. The maximum absolute atomic E-state index is 6.05. The largest absolute Gasteiger partial charge is 0.376 e. The molecular weight excluding hydrogens is 388 g/mol. The van der Waals surface area contributed by atoms with Crippen LogP contribution in [-0.2, 0) is 6.42 Å². The number of anilines is 1. The standard InChI is InChI=1S/C25H36N4S/c1-19(2)18-29(25(26)30)24-17-23(8-5-20(24)3)22-9-6-21(7-10-22)11-12-28-15-13-27(4)14-16-28/h5-10,17,19H,11-16,18H2,1-4H3,(H2,26,30). The molecule has 4 nitrogen and oxygen atoms in total. The van der Waals surface area contributed by atoms with Gasteiger partial charge in [0.15, 0.2) is 5.11 Å². The summed E-state index contributed by atoms with van der Waals surface area (Å²) < 4.78 is 0. The molecule has 2 N–H and O–H groups in total. The lowest BCUT2D eigenvalue weighted by Gasteiger charge is -2.32. The van der Waals surface area contributed by atoms with Crippen molar-refractivity contribution in [3.05, 3.63) is 53.6 Å². The van der Waals surface area contributed by atoms with E-state index < -0.39 is 0 Å². The molecule has 0 aliphatic carbocycles. The molecule has 1 aliphatic rings.